The van der Waals surface area contributed by atoms with Crippen molar-refractivity contribution in [1.29, 1.82) is 0 Å². The number of hydrogen-bond acceptors (Lipinski definition) is 5. The van der Waals surface area contributed by atoms with Gasteiger partial charge in [-0.05, 0) is 49.9 Å². The lowest BCUT2D eigenvalue weighted by molar-refractivity contribution is -0.929. The molecule has 226 valence electrons. The fourth-order valence-corrected chi connectivity index (χ4v) is 4.55. The molecule has 0 unspecified atom stereocenters. The standard InChI is InChI=1S/C16H36N.C7H5BrFNO2.C7H6FNO2/c1-5-9-13-17(14-10-6-2,15-11-7-3)16-12-8-4;8-3-1-4(7(11)12)6(10)5(9)2-3;8-5-3-1-2-4(6(5)9)7(10)11/h5-16H2,1-4H3;1-2H,10H2,(H,11,12);1-3H,9H2,(H,10,11)/q+1;;/p-1. The second-order valence-corrected chi connectivity index (χ2v) is 10.7. The van der Waals surface area contributed by atoms with Crippen molar-refractivity contribution in [2.24, 2.45) is 0 Å². The normalized spacial score (nSPS) is 10.7. The van der Waals surface area contributed by atoms with E-state index in [1.165, 1.54) is 100 Å². The molecular formula is C30H46BrF2N3O4. The second-order valence-electron chi connectivity index (χ2n) is 9.79. The van der Waals surface area contributed by atoms with Crippen molar-refractivity contribution in [3.05, 3.63) is 57.6 Å². The average molecular weight is 631 g/mol. The van der Waals surface area contributed by atoms with Gasteiger partial charge in [-0.25, -0.2) is 13.6 Å². The van der Waals surface area contributed by atoms with Crippen molar-refractivity contribution >= 4 is 39.2 Å². The van der Waals surface area contributed by atoms with E-state index in [2.05, 4.69) is 43.6 Å². The van der Waals surface area contributed by atoms with Gasteiger partial charge in [-0.2, -0.15) is 0 Å². The topological polar surface area (TPSA) is 129 Å². The number of hydrogen-bond donors (Lipinski definition) is 3. The van der Waals surface area contributed by atoms with Gasteiger partial charge in [-0.15, -0.1) is 0 Å². The summed E-state index contributed by atoms with van der Waals surface area (Å²) in [6.07, 6.45) is 11.1. The second kappa shape index (κ2) is 20.2. The molecule has 0 aliphatic rings. The Kier molecular flexibility index (Phi) is 18.8. The molecule has 0 saturated carbocycles. The van der Waals surface area contributed by atoms with E-state index in [0.29, 0.717) is 4.47 Å². The Bertz CT molecular complexity index is 1020. The fourth-order valence-electron chi connectivity index (χ4n) is 4.12. The van der Waals surface area contributed by atoms with Gasteiger partial charge in [0, 0.05) is 10.0 Å². The van der Waals surface area contributed by atoms with Gasteiger partial charge in [0.05, 0.1) is 49.1 Å². The highest BCUT2D eigenvalue weighted by molar-refractivity contribution is 9.10. The zero-order chi connectivity index (χ0) is 30.7. The number of nitrogen functional groups attached to an aromatic ring is 2. The molecule has 0 heterocycles. The highest BCUT2D eigenvalue weighted by Gasteiger charge is 2.24. The summed E-state index contributed by atoms with van der Waals surface area (Å²) in [4.78, 5) is 20.7. The van der Waals surface area contributed by atoms with E-state index in [1.807, 2.05) is 0 Å². The lowest BCUT2D eigenvalue weighted by Crippen LogP contribution is -2.50. The number of para-hydroxylation sites is 1. The minimum Gasteiger partial charge on any atom is -0.545 e. The number of anilines is 2. The van der Waals surface area contributed by atoms with Gasteiger partial charge in [0.25, 0.3) is 0 Å². The largest absolute Gasteiger partial charge is 0.545 e. The van der Waals surface area contributed by atoms with E-state index in [9.17, 15) is 23.5 Å². The number of carboxylic acids is 2. The van der Waals surface area contributed by atoms with Gasteiger partial charge in [0.15, 0.2) is 0 Å². The molecule has 40 heavy (non-hydrogen) atoms. The summed E-state index contributed by atoms with van der Waals surface area (Å²) in [6, 6.07) is 5.94. The average Bonchev–Trinajstić information content (AvgIpc) is 2.92. The van der Waals surface area contributed by atoms with Gasteiger partial charge in [0.1, 0.15) is 11.6 Å². The van der Waals surface area contributed by atoms with Crippen molar-refractivity contribution in [2.45, 2.75) is 79.1 Å². The first kappa shape index (κ1) is 37.3. The lowest BCUT2D eigenvalue weighted by Gasteiger charge is -2.39. The van der Waals surface area contributed by atoms with Crippen LogP contribution in [0.4, 0.5) is 20.2 Å². The van der Waals surface area contributed by atoms with Crippen molar-refractivity contribution < 1.29 is 33.1 Å². The Morgan fingerprint density at radius 3 is 1.57 bits per heavy atom. The molecule has 0 atom stereocenters. The molecule has 5 N–H and O–H groups in total. The summed E-state index contributed by atoms with van der Waals surface area (Å²) in [5.41, 5.74) is 8.99. The van der Waals surface area contributed by atoms with Crippen LogP contribution in [-0.4, -0.2) is 47.7 Å². The first-order valence-electron chi connectivity index (χ1n) is 14.0. The molecule has 0 aliphatic heterocycles. The van der Waals surface area contributed by atoms with Crippen LogP contribution in [0, 0.1) is 11.6 Å². The Morgan fingerprint density at radius 1 is 0.800 bits per heavy atom. The van der Waals surface area contributed by atoms with Crippen LogP contribution in [0.5, 0.6) is 0 Å². The van der Waals surface area contributed by atoms with E-state index in [0.717, 1.165) is 12.1 Å². The molecule has 0 bridgehead atoms. The van der Waals surface area contributed by atoms with Crippen LogP contribution in [0.3, 0.4) is 0 Å². The number of aromatic carboxylic acids is 2. The molecular weight excluding hydrogens is 584 g/mol. The highest BCUT2D eigenvalue weighted by Crippen LogP contribution is 2.22. The molecule has 2 rings (SSSR count). The molecule has 0 aliphatic carbocycles. The van der Waals surface area contributed by atoms with Crippen molar-refractivity contribution in [2.75, 3.05) is 37.6 Å². The van der Waals surface area contributed by atoms with E-state index < -0.39 is 29.3 Å². The Morgan fingerprint density at radius 2 is 1.23 bits per heavy atom. The van der Waals surface area contributed by atoms with Gasteiger partial charge >= 0.3 is 5.97 Å². The van der Waals surface area contributed by atoms with Crippen LogP contribution >= 0.6 is 15.9 Å². The van der Waals surface area contributed by atoms with Gasteiger partial charge in [0.2, 0.25) is 0 Å². The van der Waals surface area contributed by atoms with Gasteiger partial charge in [-0.1, -0.05) is 75.4 Å². The minimum absolute atomic E-state index is 0.204. The summed E-state index contributed by atoms with van der Waals surface area (Å²) in [5.74, 6) is -4.19. The van der Waals surface area contributed by atoms with E-state index in [4.69, 9.17) is 16.6 Å². The molecule has 7 nitrogen and oxygen atoms in total. The molecule has 0 amide bonds. The Balaban J connectivity index is 0.000000586. The van der Waals surface area contributed by atoms with Gasteiger partial charge < -0.3 is 31.0 Å². The molecule has 0 radical (unpaired) electrons. The molecule has 0 spiro atoms. The monoisotopic (exact) mass is 629 g/mol. The summed E-state index contributed by atoms with van der Waals surface area (Å²) in [7, 11) is 0. The van der Waals surface area contributed by atoms with Crippen molar-refractivity contribution in [3.63, 3.8) is 0 Å². The summed E-state index contributed by atoms with van der Waals surface area (Å²) in [6.45, 7) is 15.0. The number of halogens is 3. The third-order valence-corrected chi connectivity index (χ3v) is 7.00. The van der Waals surface area contributed by atoms with Crippen LogP contribution < -0.4 is 16.6 Å². The molecule has 0 aromatic heterocycles. The number of benzene rings is 2. The molecule has 0 saturated heterocycles. The third kappa shape index (κ3) is 13.6. The van der Waals surface area contributed by atoms with Crippen LogP contribution in [0.25, 0.3) is 0 Å². The zero-order valence-corrected chi connectivity index (χ0v) is 25.9. The Labute approximate surface area is 246 Å². The molecule has 2 aromatic carbocycles. The maximum absolute atomic E-state index is 12.8. The maximum atomic E-state index is 12.8. The predicted molar refractivity (Wildman–Crippen MR) is 160 cm³/mol. The minimum atomic E-state index is -1.49. The number of quaternary nitrogens is 1. The van der Waals surface area contributed by atoms with E-state index in [-0.39, 0.29) is 16.8 Å². The Hall–Kier alpha value is -2.72. The van der Waals surface area contributed by atoms with E-state index >= 15 is 0 Å². The molecule has 10 heteroatoms. The molecule has 2 aromatic rings. The van der Waals surface area contributed by atoms with Crippen LogP contribution in [-0.2, 0) is 0 Å². The van der Waals surface area contributed by atoms with Gasteiger partial charge in [-0.3, -0.25) is 0 Å². The number of rotatable bonds is 14. The number of carbonyl (C=O) groups excluding carboxylic acids is 1. The maximum Gasteiger partial charge on any atom is 0.337 e. The first-order valence-corrected chi connectivity index (χ1v) is 14.8. The SMILES string of the molecule is CCCC[N+](CCCC)(CCCC)CCCC.Nc1c(F)cc(Br)cc1C(=O)[O-].Nc1c(F)cccc1C(=O)O. The first-order chi connectivity index (χ1) is 18.9. The number of unbranched alkanes of at least 4 members (excludes halogenated alkanes) is 4. The van der Waals surface area contributed by atoms with Crippen LogP contribution in [0.1, 0.15) is 99.8 Å². The van der Waals surface area contributed by atoms with Crippen molar-refractivity contribution in [3.8, 4) is 0 Å². The third-order valence-electron chi connectivity index (χ3n) is 6.54. The quantitative estimate of drug-likeness (QED) is 0.159. The molecule has 0 fully saturated rings. The number of carboxylic acid groups (broad SMARTS) is 2. The van der Waals surface area contributed by atoms with Crippen molar-refractivity contribution in [1.82, 2.24) is 0 Å². The number of carbonyl (C=O) groups is 2. The van der Waals surface area contributed by atoms with Crippen LogP contribution in [0.2, 0.25) is 0 Å². The lowest BCUT2D eigenvalue weighted by atomic mass is 10.1. The summed E-state index contributed by atoms with van der Waals surface area (Å²) in [5, 5.41) is 18.8. The zero-order valence-electron chi connectivity index (χ0n) is 24.3. The predicted octanol–water partition coefficient (Wildman–Crippen LogP) is 6.64. The highest BCUT2D eigenvalue weighted by atomic mass is 79.9. The fraction of sp³-hybridized carbons (Fsp3) is 0.533. The van der Waals surface area contributed by atoms with E-state index in [1.54, 1.807) is 0 Å². The smallest absolute Gasteiger partial charge is 0.337 e. The van der Waals surface area contributed by atoms with Crippen LogP contribution in [0.15, 0.2) is 34.8 Å². The summed E-state index contributed by atoms with van der Waals surface area (Å²) >= 11 is 2.93. The number of nitrogens with zero attached hydrogens (tertiary/aromatic N) is 1. The number of nitrogens with two attached hydrogens (primary N) is 2. The summed E-state index contributed by atoms with van der Waals surface area (Å²) < 4.78 is 27.0.